The topological polar surface area (TPSA) is 33.1 Å². The van der Waals surface area contributed by atoms with Crippen LogP contribution >= 0.6 is 0 Å². The Morgan fingerprint density at radius 1 is 0.800 bits per heavy atom. The Kier molecular flexibility index (Phi) is 3.17. The van der Waals surface area contributed by atoms with Gasteiger partial charge in [-0.05, 0) is 29.8 Å². The first-order valence-corrected chi connectivity index (χ1v) is 6.25. The van der Waals surface area contributed by atoms with Crippen LogP contribution in [-0.4, -0.2) is 10.1 Å². The molecular formula is C17H12FNO. The molecule has 0 fully saturated rings. The number of phenols is 1. The number of pyridine rings is 1. The molecular weight excluding hydrogens is 253 g/mol. The lowest BCUT2D eigenvalue weighted by atomic mass is 9.96. The van der Waals surface area contributed by atoms with E-state index in [0.29, 0.717) is 22.4 Å². The third-order valence-electron chi connectivity index (χ3n) is 3.13. The van der Waals surface area contributed by atoms with E-state index < -0.39 is 0 Å². The minimum Gasteiger partial charge on any atom is -0.507 e. The molecule has 3 aromatic rings. The zero-order valence-electron chi connectivity index (χ0n) is 10.6. The highest BCUT2D eigenvalue weighted by Gasteiger charge is 2.15. The molecule has 0 bridgehead atoms. The Morgan fingerprint density at radius 2 is 1.55 bits per heavy atom. The van der Waals surface area contributed by atoms with Crippen molar-refractivity contribution in [3.63, 3.8) is 0 Å². The average Bonchev–Trinajstić information content (AvgIpc) is 2.48. The maximum Gasteiger partial charge on any atom is 0.133 e. The summed E-state index contributed by atoms with van der Waals surface area (Å²) < 4.78 is 14.2. The standard InChI is InChI=1S/C17H12FNO/c18-14-8-5-7-13(12-6-1-2-10-16(12)20)17(14)15-9-3-4-11-19-15/h1-11,20H. The maximum absolute atomic E-state index is 14.2. The average molecular weight is 265 g/mol. The molecule has 1 N–H and O–H groups in total. The van der Waals surface area contributed by atoms with Gasteiger partial charge in [0.25, 0.3) is 0 Å². The van der Waals surface area contributed by atoms with Gasteiger partial charge in [-0.1, -0.05) is 36.4 Å². The number of hydrogen-bond acceptors (Lipinski definition) is 2. The van der Waals surface area contributed by atoms with Crippen molar-refractivity contribution in [2.75, 3.05) is 0 Å². The summed E-state index contributed by atoms with van der Waals surface area (Å²) in [6.07, 6.45) is 1.62. The number of rotatable bonds is 2. The van der Waals surface area contributed by atoms with E-state index in [0.717, 1.165) is 0 Å². The van der Waals surface area contributed by atoms with Crippen molar-refractivity contribution in [1.29, 1.82) is 0 Å². The molecule has 0 unspecified atom stereocenters. The molecule has 0 saturated carbocycles. The fourth-order valence-corrected chi connectivity index (χ4v) is 2.22. The number of para-hydroxylation sites is 1. The van der Waals surface area contributed by atoms with Gasteiger partial charge in [-0.3, -0.25) is 4.98 Å². The summed E-state index contributed by atoms with van der Waals surface area (Å²) >= 11 is 0. The highest BCUT2D eigenvalue weighted by molar-refractivity contribution is 5.84. The van der Waals surface area contributed by atoms with E-state index in [2.05, 4.69) is 4.98 Å². The molecule has 98 valence electrons. The molecule has 0 aliphatic heterocycles. The van der Waals surface area contributed by atoms with E-state index in [-0.39, 0.29) is 11.6 Å². The third-order valence-corrected chi connectivity index (χ3v) is 3.13. The summed E-state index contributed by atoms with van der Waals surface area (Å²) in [5.74, 6) is -0.236. The molecule has 3 heteroatoms. The van der Waals surface area contributed by atoms with Crippen LogP contribution in [0.4, 0.5) is 4.39 Å². The number of nitrogens with zero attached hydrogens (tertiary/aromatic N) is 1. The van der Waals surface area contributed by atoms with Crippen LogP contribution in [0.25, 0.3) is 22.4 Å². The van der Waals surface area contributed by atoms with Crippen molar-refractivity contribution in [2.45, 2.75) is 0 Å². The molecule has 2 nitrogen and oxygen atoms in total. The van der Waals surface area contributed by atoms with Crippen LogP contribution in [0.5, 0.6) is 5.75 Å². The van der Waals surface area contributed by atoms with Gasteiger partial charge in [0.2, 0.25) is 0 Å². The highest BCUT2D eigenvalue weighted by Crippen LogP contribution is 2.37. The summed E-state index contributed by atoms with van der Waals surface area (Å²) in [6.45, 7) is 0. The van der Waals surface area contributed by atoms with Gasteiger partial charge in [0, 0.05) is 17.3 Å². The quantitative estimate of drug-likeness (QED) is 0.751. The van der Waals surface area contributed by atoms with Crippen LogP contribution in [0, 0.1) is 5.82 Å². The van der Waals surface area contributed by atoms with Crippen molar-refractivity contribution in [3.05, 3.63) is 72.7 Å². The van der Waals surface area contributed by atoms with Gasteiger partial charge in [-0.2, -0.15) is 0 Å². The predicted octanol–water partition coefficient (Wildman–Crippen LogP) is 4.26. The fraction of sp³-hybridized carbons (Fsp3) is 0. The molecule has 3 rings (SSSR count). The maximum atomic E-state index is 14.2. The first-order valence-electron chi connectivity index (χ1n) is 6.25. The van der Waals surface area contributed by atoms with Crippen LogP contribution < -0.4 is 0 Å². The lowest BCUT2D eigenvalue weighted by Gasteiger charge is -2.11. The van der Waals surface area contributed by atoms with E-state index in [9.17, 15) is 9.50 Å². The molecule has 0 saturated heterocycles. The zero-order valence-corrected chi connectivity index (χ0v) is 10.6. The molecule has 1 aromatic heterocycles. The van der Waals surface area contributed by atoms with Gasteiger partial charge in [-0.15, -0.1) is 0 Å². The molecule has 0 amide bonds. The van der Waals surface area contributed by atoms with Gasteiger partial charge in [0.05, 0.1) is 5.69 Å². The minimum absolute atomic E-state index is 0.121. The molecule has 0 atom stereocenters. The largest absolute Gasteiger partial charge is 0.507 e. The van der Waals surface area contributed by atoms with Crippen molar-refractivity contribution < 1.29 is 9.50 Å². The number of benzene rings is 2. The Labute approximate surface area is 116 Å². The second-order valence-electron chi connectivity index (χ2n) is 4.39. The van der Waals surface area contributed by atoms with Gasteiger partial charge >= 0.3 is 0 Å². The summed E-state index contributed by atoms with van der Waals surface area (Å²) in [5, 5.41) is 9.98. The third kappa shape index (κ3) is 2.14. The smallest absolute Gasteiger partial charge is 0.133 e. The summed E-state index contributed by atoms with van der Waals surface area (Å²) in [6, 6.07) is 17.0. The highest BCUT2D eigenvalue weighted by atomic mass is 19.1. The lowest BCUT2D eigenvalue weighted by Crippen LogP contribution is -1.92. The van der Waals surface area contributed by atoms with E-state index in [4.69, 9.17) is 0 Å². The number of aromatic hydroxyl groups is 1. The molecule has 20 heavy (non-hydrogen) atoms. The van der Waals surface area contributed by atoms with Crippen molar-refractivity contribution in [1.82, 2.24) is 4.98 Å². The van der Waals surface area contributed by atoms with Crippen LogP contribution in [0.2, 0.25) is 0 Å². The molecule has 2 aromatic carbocycles. The zero-order chi connectivity index (χ0) is 13.9. The first-order chi connectivity index (χ1) is 9.77. The molecule has 0 radical (unpaired) electrons. The number of aromatic nitrogens is 1. The van der Waals surface area contributed by atoms with Gasteiger partial charge < -0.3 is 5.11 Å². The number of halogens is 1. The van der Waals surface area contributed by atoms with Crippen molar-refractivity contribution in [2.24, 2.45) is 0 Å². The van der Waals surface area contributed by atoms with Gasteiger partial charge in [0.15, 0.2) is 0 Å². The second kappa shape index (κ2) is 5.13. The first kappa shape index (κ1) is 12.4. The monoisotopic (exact) mass is 265 g/mol. The SMILES string of the molecule is Oc1ccccc1-c1cccc(F)c1-c1ccccn1. The second-order valence-corrected chi connectivity index (χ2v) is 4.39. The normalized spacial score (nSPS) is 10.4. The van der Waals surface area contributed by atoms with Crippen molar-refractivity contribution >= 4 is 0 Å². The van der Waals surface area contributed by atoms with Crippen LogP contribution in [0.15, 0.2) is 66.9 Å². The van der Waals surface area contributed by atoms with Crippen LogP contribution in [0.1, 0.15) is 0 Å². The Hall–Kier alpha value is -2.68. The fourth-order valence-electron chi connectivity index (χ4n) is 2.22. The molecule has 1 heterocycles. The van der Waals surface area contributed by atoms with E-state index in [1.807, 2.05) is 12.1 Å². The number of phenolic OH excluding ortho intramolecular Hbond substituents is 1. The molecule has 0 aliphatic carbocycles. The van der Waals surface area contributed by atoms with E-state index >= 15 is 0 Å². The van der Waals surface area contributed by atoms with Gasteiger partial charge in [-0.25, -0.2) is 4.39 Å². The van der Waals surface area contributed by atoms with Crippen molar-refractivity contribution in [3.8, 4) is 28.1 Å². The predicted molar refractivity (Wildman–Crippen MR) is 76.7 cm³/mol. The minimum atomic E-state index is -0.357. The Balaban J connectivity index is 2.28. The lowest BCUT2D eigenvalue weighted by molar-refractivity contribution is 0.477. The molecule has 0 spiro atoms. The van der Waals surface area contributed by atoms with E-state index in [1.165, 1.54) is 6.07 Å². The van der Waals surface area contributed by atoms with Crippen LogP contribution in [-0.2, 0) is 0 Å². The number of hydrogen-bond donors (Lipinski definition) is 1. The van der Waals surface area contributed by atoms with Crippen LogP contribution in [0.3, 0.4) is 0 Å². The molecule has 0 aliphatic rings. The summed E-state index contributed by atoms with van der Waals surface area (Å²) in [5.41, 5.74) is 2.16. The Morgan fingerprint density at radius 3 is 2.30 bits per heavy atom. The summed E-state index contributed by atoms with van der Waals surface area (Å²) in [4.78, 5) is 4.20. The summed E-state index contributed by atoms with van der Waals surface area (Å²) in [7, 11) is 0. The Bertz CT molecular complexity index is 741. The van der Waals surface area contributed by atoms with Gasteiger partial charge in [0.1, 0.15) is 11.6 Å². The van der Waals surface area contributed by atoms with E-state index in [1.54, 1.807) is 48.7 Å².